The fraction of sp³-hybridized carbons (Fsp3) is 0.412. The first kappa shape index (κ1) is 17.3. The summed E-state index contributed by atoms with van der Waals surface area (Å²) >= 11 is 1.49. The van der Waals surface area contributed by atoms with Crippen LogP contribution in [0.3, 0.4) is 0 Å². The molecule has 0 saturated heterocycles. The lowest BCUT2D eigenvalue weighted by Crippen LogP contribution is -2.13. The number of nitrogens with one attached hydrogen (secondary N) is 1. The number of nitrogens with zero attached hydrogens (tertiary/aromatic N) is 2. The summed E-state index contributed by atoms with van der Waals surface area (Å²) in [4.78, 5) is 33.2. The lowest BCUT2D eigenvalue weighted by atomic mass is 10.2. The van der Waals surface area contributed by atoms with Crippen LogP contribution < -0.4 is 5.56 Å². The number of hydrogen-bond donors (Lipinski definition) is 1. The Morgan fingerprint density at radius 1 is 1.28 bits per heavy atom. The van der Waals surface area contributed by atoms with E-state index in [0.717, 1.165) is 16.0 Å². The van der Waals surface area contributed by atoms with Crippen molar-refractivity contribution in [3.8, 4) is 0 Å². The first-order chi connectivity index (χ1) is 11.9. The van der Waals surface area contributed by atoms with Crippen molar-refractivity contribution in [2.75, 3.05) is 0 Å². The van der Waals surface area contributed by atoms with Crippen molar-refractivity contribution in [3.05, 3.63) is 43.6 Å². The molecule has 0 unspecified atom stereocenters. The third kappa shape index (κ3) is 3.48. The number of ether oxygens (including phenoxy) is 1. The second kappa shape index (κ2) is 6.79. The fourth-order valence-corrected chi connectivity index (χ4v) is 3.62. The van der Waals surface area contributed by atoms with Crippen molar-refractivity contribution in [1.29, 1.82) is 0 Å². The number of esters is 1. The average molecular weight is 361 g/mol. The van der Waals surface area contributed by atoms with Crippen molar-refractivity contribution < 1.29 is 14.1 Å². The van der Waals surface area contributed by atoms with Gasteiger partial charge in [0.25, 0.3) is 5.56 Å². The summed E-state index contributed by atoms with van der Waals surface area (Å²) in [5.41, 5.74) is 2.29. The minimum absolute atomic E-state index is 0.131. The van der Waals surface area contributed by atoms with Gasteiger partial charge in [0.15, 0.2) is 0 Å². The Hall–Kier alpha value is -2.48. The van der Waals surface area contributed by atoms with Crippen LogP contribution in [0.1, 0.15) is 39.7 Å². The van der Waals surface area contributed by atoms with E-state index >= 15 is 0 Å². The lowest BCUT2D eigenvalue weighted by Gasteiger charge is -2.04. The van der Waals surface area contributed by atoms with E-state index in [1.165, 1.54) is 11.3 Å². The van der Waals surface area contributed by atoms with E-state index in [2.05, 4.69) is 15.1 Å². The van der Waals surface area contributed by atoms with Crippen molar-refractivity contribution >= 4 is 27.5 Å². The highest BCUT2D eigenvalue weighted by Gasteiger charge is 2.14. The molecule has 132 valence electrons. The van der Waals surface area contributed by atoms with Crippen LogP contribution in [-0.4, -0.2) is 21.1 Å². The maximum Gasteiger partial charge on any atom is 0.306 e. The predicted molar refractivity (Wildman–Crippen MR) is 93.8 cm³/mol. The molecule has 3 rings (SSSR count). The molecule has 0 bridgehead atoms. The Balaban J connectivity index is 1.64. The average Bonchev–Trinajstić information content (AvgIpc) is 3.03. The van der Waals surface area contributed by atoms with Crippen molar-refractivity contribution in [2.24, 2.45) is 0 Å². The molecule has 0 fully saturated rings. The van der Waals surface area contributed by atoms with Crippen LogP contribution in [0.5, 0.6) is 0 Å². The van der Waals surface area contributed by atoms with Gasteiger partial charge < -0.3 is 14.2 Å². The van der Waals surface area contributed by atoms with E-state index in [-0.39, 0.29) is 24.6 Å². The highest BCUT2D eigenvalue weighted by atomic mass is 32.1. The number of hydrogen-bond acceptors (Lipinski definition) is 7. The summed E-state index contributed by atoms with van der Waals surface area (Å²) in [6, 6.07) is 0. The normalized spacial score (nSPS) is 11.2. The Morgan fingerprint density at radius 2 is 2.04 bits per heavy atom. The van der Waals surface area contributed by atoms with E-state index in [0.29, 0.717) is 33.9 Å². The summed E-state index contributed by atoms with van der Waals surface area (Å²) in [5.74, 6) is 0.777. The summed E-state index contributed by atoms with van der Waals surface area (Å²) in [6.07, 6.45) is 0.461. The molecule has 1 N–H and O–H groups in total. The number of H-pyrrole nitrogens is 1. The minimum atomic E-state index is -0.360. The predicted octanol–water partition coefficient (Wildman–Crippen LogP) is 2.88. The number of carbonyl (C=O) groups excluding carboxylic acids is 1. The van der Waals surface area contributed by atoms with Crippen molar-refractivity contribution in [3.63, 3.8) is 0 Å². The van der Waals surface area contributed by atoms with Gasteiger partial charge in [0.1, 0.15) is 23.0 Å². The number of rotatable bonds is 5. The van der Waals surface area contributed by atoms with Crippen LogP contribution in [0.2, 0.25) is 0 Å². The Kier molecular flexibility index (Phi) is 4.71. The van der Waals surface area contributed by atoms with E-state index in [1.807, 2.05) is 13.8 Å². The van der Waals surface area contributed by atoms with E-state index in [4.69, 9.17) is 9.26 Å². The molecule has 0 aromatic carbocycles. The van der Waals surface area contributed by atoms with Crippen LogP contribution in [-0.2, 0) is 22.6 Å². The van der Waals surface area contributed by atoms with Gasteiger partial charge in [0.05, 0.1) is 23.1 Å². The van der Waals surface area contributed by atoms with Gasteiger partial charge in [-0.2, -0.15) is 0 Å². The maximum absolute atomic E-state index is 12.2. The molecule has 25 heavy (non-hydrogen) atoms. The molecule has 0 atom stereocenters. The lowest BCUT2D eigenvalue weighted by molar-refractivity contribution is -0.144. The molecule has 0 aliphatic rings. The van der Waals surface area contributed by atoms with E-state index < -0.39 is 0 Å². The SMILES string of the molecule is Cc1noc(C)c1COC(=O)CCc1nc2sc(C)c(C)c2c(=O)[nH]1. The van der Waals surface area contributed by atoms with Gasteiger partial charge in [-0.3, -0.25) is 9.59 Å². The molecule has 3 aromatic heterocycles. The van der Waals surface area contributed by atoms with Gasteiger partial charge in [-0.05, 0) is 33.3 Å². The van der Waals surface area contributed by atoms with Crippen LogP contribution in [0.4, 0.5) is 0 Å². The van der Waals surface area contributed by atoms with Crippen LogP contribution >= 0.6 is 11.3 Å². The largest absolute Gasteiger partial charge is 0.461 e. The molecule has 0 radical (unpaired) electrons. The molecular formula is C17H19N3O4S. The summed E-state index contributed by atoms with van der Waals surface area (Å²) in [5, 5.41) is 4.45. The first-order valence-corrected chi connectivity index (χ1v) is 8.74. The molecule has 0 spiro atoms. The molecule has 0 amide bonds. The van der Waals surface area contributed by atoms with Gasteiger partial charge in [-0.15, -0.1) is 11.3 Å². The number of aryl methyl sites for hydroxylation is 5. The molecule has 3 heterocycles. The standard InChI is InChI=1S/C17H19N3O4S/c1-8-11(4)25-17-15(8)16(22)18-13(19-17)5-6-14(21)23-7-12-9(2)20-24-10(12)3/h5-7H2,1-4H3,(H,18,19,22). The molecular weight excluding hydrogens is 342 g/mol. The molecule has 7 nitrogen and oxygen atoms in total. The van der Waals surface area contributed by atoms with Gasteiger partial charge in [-0.1, -0.05) is 5.16 Å². The van der Waals surface area contributed by atoms with Crippen LogP contribution in [0, 0.1) is 27.7 Å². The molecule has 0 aliphatic carbocycles. The van der Waals surface area contributed by atoms with Gasteiger partial charge in [0, 0.05) is 11.3 Å². The third-order valence-corrected chi connectivity index (χ3v) is 5.31. The summed E-state index contributed by atoms with van der Waals surface area (Å²) in [6.45, 7) is 7.59. The number of thiophene rings is 1. The van der Waals surface area contributed by atoms with Gasteiger partial charge in [-0.25, -0.2) is 4.98 Å². The first-order valence-electron chi connectivity index (χ1n) is 7.93. The maximum atomic E-state index is 12.2. The van der Waals surface area contributed by atoms with Crippen molar-refractivity contribution in [2.45, 2.75) is 47.1 Å². The number of fused-ring (bicyclic) bond motifs is 1. The van der Waals surface area contributed by atoms with Crippen molar-refractivity contribution in [1.82, 2.24) is 15.1 Å². The molecule has 8 heteroatoms. The highest BCUT2D eigenvalue weighted by Crippen LogP contribution is 2.25. The zero-order chi connectivity index (χ0) is 18.1. The number of aromatic amines is 1. The molecule has 0 aliphatic heterocycles. The zero-order valence-corrected chi connectivity index (χ0v) is 15.4. The zero-order valence-electron chi connectivity index (χ0n) is 14.6. The smallest absolute Gasteiger partial charge is 0.306 e. The molecule has 3 aromatic rings. The third-order valence-electron chi connectivity index (χ3n) is 4.21. The summed E-state index contributed by atoms with van der Waals surface area (Å²) in [7, 11) is 0. The topological polar surface area (TPSA) is 98.1 Å². The van der Waals surface area contributed by atoms with Gasteiger partial charge >= 0.3 is 5.97 Å². The van der Waals surface area contributed by atoms with Crippen LogP contribution in [0.15, 0.2) is 9.32 Å². The second-order valence-electron chi connectivity index (χ2n) is 5.94. The Labute approximate surface area is 148 Å². The number of carbonyl (C=O) groups is 1. The van der Waals surface area contributed by atoms with E-state index in [9.17, 15) is 9.59 Å². The monoisotopic (exact) mass is 361 g/mol. The van der Waals surface area contributed by atoms with Crippen LogP contribution in [0.25, 0.3) is 10.2 Å². The minimum Gasteiger partial charge on any atom is -0.461 e. The second-order valence-corrected chi connectivity index (χ2v) is 7.14. The summed E-state index contributed by atoms with van der Waals surface area (Å²) < 4.78 is 10.3. The Morgan fingerprint density at radius 3 is 2.72 bits per heavy atom. The van der Waals surface area contributed by atoms with E-state index in [1.54, 1.807) is 13.8 Å². The highest BCUT2D eigenvalue weighted by molar-refractivity contribution is 7.18. The molecule has 0 saturated carbocycles. The Bertz CT molecular complexity index is 980. The number of aromatic nitrogens is 3. The van der Waals surface area contributed by atoms with Gasteiger partial charge in [0.2, 0.25) is 0 Å². The quantitative estimate of drug-likeness (QED) is 0.702. The fourth-order valence-electron chi connectivity index (χ4n) is 2.57.